The van der Waals surface area contributed by atoms with Crippen LogP contribution in [0.4, 0.5) is 0 Å². The fraction of sp³-hybridized carbons (Fsp3) is 0.304. The molecule has 29 heavy (non-hydrogen) atoms. The van der Waals surface area contributed by atoms with E-state index in [2.05, 4.69) is 0 Å². The molecule has 0 aromatic heterocycles. The van der Waals surface area contributed by atoms with Gasteiger partial charge >= 0.3 is 0 Å². The number of ether oxygens (including phenoxy) is 2. The molecule has 1 amide bonds. The number of carbonyl (C=O) groups is 2. The third-order valence-corrected chi connectivity index (χ3v) is 4.84. The third-order valence-electron chi connectivity index (χ3n) is 4.84. The SMILES string of the molecule is CCOc1ccc(C2C(=C(O)c3ccccc3)C(=O)C(=O)N2CCCOC)cc1. The van der Waals surface area contributed by atoms with E-state index in [4.69, 9.17) is 9.47 Å². The number of aliphatic hydroxyl groups excluding tert-OH is 1. The monoisotopic (exact) mass is 395 g/mol. The van der Waals surface area contributed by atoms with Crippen LogP contribution >= 0.6 is 0 Å². The van der Waals surface area contributed by atoms with Gasteiger partial charge in [-0.15, -0.1) is 0 Å². The van der Waals surface area contributed by atoms with Crippen LogP contribution in [0.25, 0.3) is 5.76 Å². The Bertz CT molecular complexity index is 889. The molecule has 2 aromatic carbocycles. The Kier molecular flexibility index (Phi) is 6.67. The standard InChI is InChI=1S/C23H25NO5/c1-3-29-18-12-10-16(11-13-18)20-19(21(25)17-8-5-4-6-9-17)22(26)23(27)24(20)14-7-15-28-2/h4-6,8-13,20,25H,3,7,14-15H2,1-2H3. The fourth-order valence-electron chi connectivity index (χ4n) is 3.50. The zero-order valence-corrected chi connectivity index (χ0v) is 16.6. The van der Waals surface area contributed by atoms with Gasteiger partial charge < -0.3 is 19.5 Å². The molecule has 1 atom stereocenters. The number of benzene rings is 2. The smallest absolute Gasteiger partial charge is 0.295 e. The van der Waals surface area contributed by atoms with Crippen molar-refractivity contribution in [1.82, 2.24) is 4.90 Å². The van der Waals surface area contributed by atoms with Crippen LogP contribution in [0, 0.1) is 0 Å². The van der Waals surface area contributed by atoms with Gasteiger partial charge in [-0.3, -0.25) is 9.59 Å². The van der Waals surface area contributed by atoms with Gasteiger partial charge in [-0.2, -0.15) is 0 Å². The number of hydrogen-bond acceptors (Lipinski definition) is 5. The first-order valence-corrected chi connectivity index (χ1v) is 9.64. The number of nitrogens with zero attached hydrogens (tertiary/aromatic N) is 1. The zero-order chi connectivity index (χ0) is 20.8. The second kappa shape index (κ2) is 9.39. The number of methoxy groups -OCH3 is 1. The van der Waals surface area contributed by atoms with E-state index in [1.807, 2.05) is 25.1 Å². The van der Waals surface area contributed by atoms with Gasteiger partial charge in [0.1, 0.15) is 11.5 Å². The normalized spacial score (nSPS) is 18.3. The molecule has 1 heterocycles. The lowest BCUT2D eigenvalue weighted by Crippen LogP contribution is -2.31. The number of hydrogen-bond donors (Lipinski definition) is 1. The lowest BCUT2D eigenvalue weighted by atomic mass is 9.95. The van der Waals surface area contributed by atoms with Gasteiger partial charge in [0.15, 0.2) is 0 Å². The predicted octanol–water partition coefficient (Wildman–Crippen LogP) is 3.54. The zero-order valence-electron chi connectivity index (χ0n) is 16.6. The summed E-state index contributed by atoms with van der Waals surface area (Å²) in [4.78, 5) is 27.1. The molecule has 0 saturated carbocycles. The first-order valence-electron chi connectivity index (χ1n) is 9.64. The number of aliphatic hydroxyl groups is 1. The molecule has 0 aliphatic carbocycles. The highest BCUT2D eigenvalue weighted by molar-refractivity contribution is 6.46. The van der Waals surface area contributed by atoms with E-state index in [-0.39, 0.29) is 11.3 Å². The van der Waals surface area contributed by atoms with Crippen molar-refractivity contribution in [1.29, 1.82) is 0 Å². The van der Waals surface area contributed by atoms with Crippen LogP contribution in [0.5, 0.6) is 5.75 Å². The number of rotatable bonds is 8. The Hall–Kier alpha value is -3.12. The molecule has 1 fully saturated rings. The Morgan fingerprint density at radius 3 is 2.38 bits per heavy atom. The molecule has 6 nitrogen and oxygen atoms in total. The summed E-state index contributed by atoms with van der Waals surface area (Å²) in [5.41, 5.74) is 1.34. The average Bonchev–Trinajstić information content (AvgIpc) is 3.00. The first-order chi connectivity index (χ1) is 14.1. The van der Waals surface area contributed by atoms with Crippen molar-refractivity contribution in [2.24, 2.45) is 0 Å². The molecule has 1 aliphatic rings. The van der Waals surface area contributed by atoms with Gasteiger partial charge in [-0.05, 0) is 31.0 Å². The molecule has 3 rings (SSSR count). The van der Waals surface area contributed by atoms with Gasteiger partial charge in [-0.1, -0.05) is 42.5 Å². The van der Waals surface area contributed by atoms with Crippen LogP contribution in [-0.2, 0) is 14.3 Å². The van der Waals surface area contributed by atoms with Crippen LogP contribution in [0.3, 0.4) is 0 Å². The number of carbonyl (C=O) groups excluding carboxylic acids is 2. The summed E-state index contributed by atoms with van der Waals surface area (Å²) in [6.07, 6.45) is 0.586. The van der Waals surface area contributed by atoms with Crippen molar-refractivity contribution < 1.29 is 24.2 Å². The Morgan fingerprint density at radius 2 is 1.76 bits per heavy atom. The lowest BCUT2D eigenvalue weighted by Gasteiger charge is -2.25. The third kappa shape index (κ3) is 4.32. The maximum Gasteiger partial charge on any atom is 0.295 e. The number of amides is 1. The number of likely N-dealkylation sites (tertiary alicyclic amines) is 1. The van der Waals surface area contributed by atoms with E-state index in [1.54, 1.807) is 43.5 Å². The minimum atomic E-state index is -0.678. The molecule has 2 aromatic rings. The van der Waals surface area contributed by atoms with Crippen LogP contribution in [0.15, 0.2) is 60.2 Å². The average molecular weight is 395 g/mol. The minimum absolute atomic E-state index is 0.0998. The topological polar surface area (TPSA) is 76.1 Å². The summed E-state index contributed by atoms with van der Waals surface area (Å²) in [6, 6.07) is 15.4. The molecular formula is C23H25NO5. The van der Waals surface area contributed by atoms with E-state index in [9.17, 15) is 14.7 Å². The van der Waals surface area contributed by atoms with E-state index in [0.717, 1.165) is 5.56 Å². The molecule has 6 heteroatoms. The predicted molar refractivity (Wildman–Crippen MR) is 110 cm³/mol. The van der Waals surface area contributed by atoms with Crippen molar-refractivity contribution in [3.05, 3.63) is 71.3 Å². The highest BCUT2D eigenvalue weighted by Crippen LogP contribution is 2.39. The lowest BCUT2D eigenvalue weighted by molar-refractivity contribution is -0.140. The van der Waals surface area contributed by atoms with Crippen LogP contribution in [0.1, 0.15) is 30.5 Å². The summed E-state index contributed by atoms with van der Waals surface area (Å²) in [5.74, 6) is -0.757. The maximum atomic E-state index is 12.9. The van der Waals surface area contributed by atoms with Gasteiger partial charge in [0.2, 0.25) is 0 Å². The van der Waals surface area contributed by atoms with Crippen molar-refractivity contribution in [3.63, 3.8) is 0 Å². The summed E-state index contributed by atoms with van der Waals surface area (Å²) in [5, 5.41) is 10.9. The number of Topliss-reactive ketones (excluding diaryl/α,β-unsaturated/α-hetero) is 1. The Balaban J connectivity index is 2.07. The van der Waals surface area contributed by atoms with Gasteiger partial charge in [0.25, 0.3) is 11.7 Å². The summed E-state index contributed by atoms with van der Waals surface area (Å²) >= 11 is 0. The molecule has 152 valence electrons. The van der Waals surface area contributed by atoms with Crippen molar-refractivity contribution in [2.75, 3.05) is 26.9 Å². The van der Waals surface area contributed by atoms with E-state index in [0.29, 0.717) is 37.5 Å². The highest BCUT2D eigenvalue weighted by Gasteiger charge is 2.45. The molecular weight excluding hydrogens is 370 g/mol. The molecule has 0 bridgehead atoms. The van der Waals surface area contributed by atoms with Gasteiger partial charge in [-0.25, -0.2) is 0 Å². The molecule has 0 spiro atoms. The number of ketones is 1. The molecule has 1 aliphatic heterocycles. The van der Waals surface area contributed by atoms with Crippen LogP contribution in [0.2, 0.25) is 0 Å². The highest BCUT2D eigenvalue weighted by atomic mass is 16.5. The summed E-state index contributed by atoms with van der Waals surface area (Å²) in [6.45, 7) is 3.26. The summed E-state index contributed by atoms with van der Waals surface area (Å²) < 4.78 is 10.6. The maximum absolute atomic E-state index is 12.9. The van der Waals surface area contributed by atoms with Crippen molar-refractivity contribution in [3.8, 4) is 5.75 Å². The van der Waals surface area contributed by atoms with Crippen molar-refractivity contribution in [2.45, 2.75) is 19.4 Å². The Morgan fingerprint density at radius 1 is 1.07 bits per heavy atom. The van der Waals surface area contributed by atoms with E-state index >= 15 is 0 Å². The molecule has 1 unspecified atom stereocenters. The molecule has 1 saturated heterocycles. The fourth-order valence-corrected chi connectivity index (χ4v) is 3.50. The molecule has 0 radical (unpaired) electrons. The minimum Gasteiger partial charge on any atom is -0.507 e. The Labute approximate surface area is 170 Å². The van der Waals surface area contributed by atoms with Gasteiger partial charge in [0, 0.05) is 25.8 Å². The first kappa shape index (κ1) is 20.6. The van der Waals surface area contributed by atoms with Crippen molar-refractivity contribution >= 4 is 17.4 Å². The second-order valence-corrected chi connectivity index (χ2v) is 6.71. The quantitative estimate of drug-likeness (QED) is 0.320. The van der Waals surface area contributed by atoms with Crippen LogP contribution < -0.4 is 4.74 Å². The van der Waals surface area contributed by atoms with E-state index < -0.39 is 17.7 Å². The second-order valence-electron chi connectivity index (χ2n) is 6.71. The van der Waals surface area contributed by atoms with Gasteiger partial charge in [0.05, 0.1) is 18.2 Å². The summed E-state index contributed by atoms with van der Waals surface area (Å²) in [7, 11) is 1.59. The largest absolute Gasteiger partial charge is 0.507 e. The van der Waals surface area contributed by atoms with Crippen LogP contribution in [-0.4, -0.2) is 48.6 Å². The molecule has 1 N–H and O–H groups in total. The van der Waals surface area contributed by atoms with E-state index in [1.165, 1.54) is 4.90 Å².